The summed E-state index contributed by atoms with van der Waals surface area (Å²) in [6.07, 6.45) is 0.392. The van der Waals surface area contributed by atoms with Gasteiger partial charge in [-0.15, -0.1) is 0 Å². The van der Waals surface area contributed by atoms with Crippen molar-refractivity contribution in [1.29, 1.82) is 0 Å². The van der Waals surface area contributed by atoms with Crippen molar-refractivity contribution in [2.45, 2.75) is 45.7 Å². The van der Waals surface area contributed by atoms with Crippen molar-refractivity contribution in [1.82, 2.24) is 15.1 Å². The van der Waals surface area contributed by atoms with Crippen molar-refractivity contribution in [3.63, 3.8) is 0 Å². The third-order valence-corrected chi connectivity index (χ3v) is 3.52. The normalized spacial score (nSPS) is 19.1. The second kappa shape index (κ2) is 6.23. The van der Waals surface area contributed by atoms with Gasteiger partial charge in [0.25, 0.3) is 0 Å². The predicted molar refractivity (Wildman–Crippen MR) is 73.1 cm³/mol. The van der Waals surface area contributed by atoms with Crippen LogP contribution in [0.2, 0.25) is 0 Å². The van der Waals surface area contributed by atoms with Gasteiger partial charge in [0.1, 0.15) is 6.04 Å². The summed E-state index contributed by atoms with van der Waals surface area (Å²) in [5, 5.41) is 11.5. The fraction of sp³-hybridized carbons (Fsp3) is 0.846. The maximum atomic E-state index is 12.0. The average molecular weight is 271 g/mol. The zero-order chi connectivity index (χ0) is 14.6. The van der Waals surface area contributed by atoms with E-state index >= 15 is 0 Å². The standard InChI is InChI=1S/C13H25N3O3/c1-5-10(11(17)18)14-12(19)15-6-8-16(9-7-15)13(2,3)4/h10H,5-9H2,1-4H3,(H,14,19)(H,17,18)/t10-/m1/s1. The van der Waals surface area contributed by atoms with Crippen molar-refractivity contribution < 1.29 is 14.7 Å². The smallest absolute Gasteiger partial charge is 0.326 e. The molecule has 1 rings (SSSR count). The molecular formula is C13H25N3O3. The molecule has 0 aliphatic carbocycles. The first-order valence-electron chi connectivity index (χ1n) is 6.79. The van der Waals surface area contributed by atoms with Crippen LogP contribution in [0.1, 0.15) is 34.1 Å². The van der Waals surface area contributed by atoms with Crippen molar-refractivity contribution in [3.8, 4) is 0 Å². The van der Waals surface area contributed by atoms with Crippen molar-refractivity contribution in [2.24, 2.45) is 0 Å². The number of urea groups is 1. The van der Waals surface area contributed by atoms with E-state index in [4.69, 9.17) is 5.11 Å². The molecule has 19 heavy (non-hydrogen) atoms. The molecule has 0 aromatic carbocycles. The average Bonchev–Trinajstić information content (AvgIpc) is 2.34. The third-order valence-electron chi connectivity index (χ3n) is 3.52. The Balaban J connectivity index is 2.47. The largest absolute Gasteiger partial charge is 0.480 e. The van der Waals surface area contributed by atoms with E-state index in [1.165, 1.54) is 0 Å². The Labute approximate surface area is 114 Å². The van der Waals surface area contributed by atoms with Crippen LogP contribution in [0.25, 0.3) is 0 Å². The summed E-state index contributed by atoms with van der Waals surface area (Å²) >= 11 is 0. The van der Waals surface area contributed by atoms with Crippen LogP contribution in [-0.4, -0.2) is 64.7 Å². The molecule has 1 fully saturated rings. The Kier molecular flexibility index (Phi) is 5.17. The van der Waals surface area contributed by atoms with E-state index in [0.717, 1.165) is 13.1 Å². The number of rotatable bonds is 3. The minimum atomic E-state index is -0.982. The number of nitrogens with zero attached hydrogens (tertiary/aromatic N) is 2. The topological polar surface area (TPSA) is 72.9 Å². The number of hydrogen-bond donors (Lipinski definition) is 2. The molecule has 1 aliphatic heterocycles. The molecule has 0 saturated carbocycles. The van der Waals surface area contributed by atoms with Crippen LogP contribution >= 0.6 is 0 Å². The van der Waals surface area contributed by atoms with Crippen molar-refractivity contribution in [3.05, 3.63) is 0 Å². The molecule has 1 atom stereocenters. The van der Waals surface area contributed by atoms with Crippen LogP contribution in [0, 0.1) is 0 Å². The quantitative estimate of drug-likeness (QED) is 0.802. The zero-order valence-electron chi connectivity index (χ0n) is 12.3. The van der Waals surface area contributed by atoms with Gasteiger partial charge in [-0.05, 0) is 27.2 Å². The summed E-state index contributed by atoms with van der Waals surface area (Å²) < 4.78 is 0. The fourth-order valence-corrected chi connectivity index (χ4v) is 2.16. The van der Waals surface area contributed by atoms with E-state index in [9.17, 15) is 9.59 Å². The van der Waals surface area contributed by atoms with Crippen LogP contribution < -0.4 is 5.32 Å². The summed E-state index contributed by atoms with van der Waals surface area (Å²) in [6, 6.07) is -1.07. The first-order chi connectivity index (χ1) is 8.75. The number of aliphatic carboxylic acids is 1. The fourth-order valence-electron chi connectivity index (χ4n) is 2.16. The van der Waals surface area contributed by atoms with E-state index in [1.54, 1.807) is 11.8 Å². The zero-order valence-corrected chi connectivity index (χ0v) is 12.3. The molecule has 2 N–H and O–H groups in total. The van der Waals surface area contributed by atoms with Gasteiger partial charge in [0.15, 0.2) is 0 Å². The molecule has 0 bridgehead atoms. The van der Waals surface area contributed by atoms with E-state index in [2.05, 4.69) is 31.0 Å². The van der Waals surface area contributed by atoms with Crippen molar-refractivity contribution >= 4 is 12.0 Å². The molecule has 6 nitrogen and oxygen atoms in total. The minimum Gasteiger partial charge on any atom is -0.480 e. The molecule has 6 heteroatoms. The number of carbonyl (C=O) groups is 2. The van der Waals surface area contributed by atoms with Gasteiger partial charge in [0.2, 0.25) is 0 Å². The van der Waals surface area contributed by atoms with Crippen molar-refractivity contribution in [2.75, 3.05) is 26.2 Å². The summed E-state index contributed by atoms with van der Waals surface area (Å²) in [6.45, 7) is 11.1. The molecule has 1 aliphatic rings. The highest BCUT2D eigenvalue weighted by Crippen LogP contribution is 2.15. The number of hydrogen-bond acceptors (Lipinski definition) is 3. The van der Waals surface area contributed by atoms with E-state index in [-0.39, 0.29) is 11.6 Å². The Bertz CT molecular complexity index is 331. The Morgan fingerprint density at radius 1 is 1.21 bits per heavy atom. The molecule has 2 amide bonds. The van der Waals surface area contributed by atoms with Gasteiger partial charge in [0.05, 0.1) is 0 Å². The molecule has 0 radical (unpaired) electrons. The van der Waals surface area contributed by atoms with Gasteiger partial charge in [-0.1, -0.05) is 6.92 Å². The van der Waals surface area contributed by atoms with Gasteiger partial charge in [-0.25, -0.2) is 9.59 Å². The Morgan fingerprint density at radius 2 is 1.74 bits per heavy atom. The Morgan fingerprint density at radius 3 is 2.11 bits per heavy atom. The lowest BCUT2D eigenvalue weighted by Gasteiger charge is -2.42. The van der Waals surface area contributed by atoms with Gasteiger partial charge in [0, 0.05) is 31.7 Å². The highest BCUT2D eigenvalue weighted by molar-refractivity contribution is 5.82. The number of nitrogens with one attached hydrogen (secondary N) is 1. The van der Waals surface area contributed by atoms with Gasteiger partial charge in [-0.2, -0.15) is 0 Å². The minimum absolute atomic E-state index is 0.107. The first kappa shape index (κ1) is 15.8. The maximum absolute atomic E-state index is 12.0. The summed E-state index contributed by atoms with van der Waals surface area (Å²) in [5.41, 5.74) is 0.107. The second-order valence-corrected chi connectivity index (χ2v) is 5.89. The molecule has 0 aromatic heterocycles. The van der Waals surface area contributed by atoms with Crippen LogP contribution in [0.4, 0.5) is 4.79 Å². The van der Waals surface area contributed by atoms with Crippen LogP contribution in [0.15, 0.2) is 0 Å². The predicted octanol–water partition coefficient (Wildman–Crippen LogP) is 0.975. The third kappa shape index (κ3) is 4.38. The molecule has 0 spiro atoms. The van der Waals surface area contributed by atoms with Crippen LogP contribution in [0.3, 0.4) is 0 Å². The number of amides is 2. The highest BCUT2D eigenvalue weighted by Gasteiger charge is 2.29. The molecular weight excluding hydrogens is 246 g/mol. The highest BCUT2D eigenvalue weighted by atomic mass is 16.4. The summed E-state index contributed by atoms with van der Waals surface area (Å²) in [5.74, 6) is -0.982. The number of carboxylic acid groups (broad SMARTS) is 1. The molecule has 1 heterocycles. The van der Waals surface area contributed by atoms with E-state index in [1.807, 2.05) is 0 Å². The van der Waals surface area contributed by atoms with Gasteiger partial charge in [-0.3, -0.25) is 4.90 Å². The lowest BCUT2D eigenvalue weighted by molar-refractivity contribution is -0.139. The molecule has 110 valence electrons. The number of piperazine rings is 1. The second-order valence-electron chi connectivity index (χ2n) is 5.89. The van der Waals surface area contributed by atoms with E-state index in [0.29, 0.717) is 19.5 Å². The van der Waals surface area contributed by atoms with Crippen LogP contribution in [0.5, 0.6) is 0 Å². The summed E-state index contributed by atoms with van der Waals surface area (Å²) in [7, 11) is 0. The van der Waals surface area contributed by atoms with Crippen LogP contribution in [-0.2, 0) is 4.79 Å². The Hall–Kier alpha value is -1.30. The molecule has 0 aromatic rings. The first-order valence-corrected chi connectivity index (χ1v) is 6.79. The van der Waals surface area contributed by atoms with Gasteiger partial charge < -0.3 is 15.3 Å². The number of carbonyl (C=O) groups excluding carboxylic acids is 1. The van der Waals surface area contributed by atoms with Gasteiger partial charge >= 0.3 is 12.0 Å². The summed E-state index contributed by atoms with van der Waals surface area (Å²) in [4.78, 5) is 26.9. The molecule has 0 unspecified atom stereocenters. The lowest BCUT2D eigenvalue weighted by Crippen LogP contribution is -2.57. The SMILES string of the molecule is CC[C@@H](NC(=O)N1CCN(C(C)(C)C)CC1)C(=O)O. The number of carboxylic acids is 1. The maximum Gasteiger partial charge on any atom is 0.326 e. The molecule has 1 saturated heterocycles. The monoisotopic (exact) mass is 271 g/mol. The lowest BCUT2D eigenvalue weighted by atomic mass is 10.1. The van der Waals surface area contributed by atoms with E-state index < -0.39 is 12.0 Å².